The van der Waals surface area contributed by atoms with E-state index >= 15 is 0 Å². The predicted octanol–water partition coefficient (Wildman–Crippen LogP) is 1.45. The van der Waals surface area contributed by atoms with Crippen LogP contribution < -0.4 is 0 Å². The van der Waals surface area contributed by atoms with Gasteiger partial charge in [-0.15, -0.1) is 0 Å². The summed E-state index contributed by atoms with van der Waals surface area (Å²) >= 11 is 0. The molecule has 0 unspecified atom stereocenters. The van der Waals surface area contributed by atoms with E-state index in [0.717, 1.165) is 18.1 Å². The molecule has 0 atom stereocenters. The van der Waals surface area contributed by atoms with Gasteiger partial charge < -0.3 is 0 Å². The molecule has 1 rings (SSSR count). The van der Waals surface area contributed by atoms with E-state index in [4.69, 9.17) is 0 Å². The van der Waals surface area contributed by atoms with Gasteiger partial charge in [0.05, 0.1) is 5.69 Å². The molecule has 6 nitrogen and oxygen atoms in total. The van der Waals surface area contributed by atoms with Crippen molar-refractivity contribution in [2.24, 2.45) is 10.2 Å². The van der Waals surface area contributed by atoms with Crippen LogP contribution in [0, 0.1) is 6.92 Å². The molecule has 0 saturated carbocycles. The van der Waals surface area contributed by atoms with Crippen molar-refractivity contribution in [3.8, 4) is 0 Å². The Hall–Kier alpha value is -1.28. The van der Waals surface area contributed by atoms with E-state index in [1.807, 2.05) is 0 Å². The number of azo groups is 1. The minimum absolute atomic E-state index is 0.440. The molecule has 0 N–H and O–H groups in total. The number of nitrogens with zero attached hydrogens (tertiary/aromatic N) is 2. The Bertz CT molecular complexity index is 631. The van der Waals surface area contributed by atoms with Crippen molar-refractivity contribution >= 4 is 25.4 Å². The topological polar surface area (TPSA) is 93.0 Å². The first kappa shape index (κ1) is 14.8. The molecule has 0 aliphatic heterocycles. The van der Waals surface area contributed by atoms with E-state index < -0.39 is 24.4 Å². The molecule has 1 aromatic carbocycles. The standard InChI is InChI=1S/C10H14N2O4S2/c1-8-6-4-5-7-9(8)11-12-10(17(2,13)14)18(3,15)16/h4-7,10H,1-3H3. The average molecular weight is 290 g/mol. The number of aryl methyl sites for hydroxylation is 1. The molecule has 18 heavy (non-hydrogen) atoms. The molecule has 100 valence electrons. The maximum Gasteiger partial charge on any atom is 0.271 e. The van der Waals surface area contributed by atoms with Crippen molar-refractivity contribution in [3.63, 3.8) is 0 Å². The minimum atomic E-state index is -3.85. The molecule has 0 fully saturated rings. The Morgan fingerprint density at radius 1 is 1.00 bits per heavy atom. The van der Waals surface area contributed by atoms with Gasteiger partial charge in [-0.05, 0) is 18.6 Å². The molecule has 0 aliphatic carbocycles. The van der Waals surface area contributed by atoms with Crippen LogP contribution in [0.1, 0.15) is 5.56 Å². The lowest BCUT2D eigenvalue weighted by Crippen LogP contribution is -2.26. The highest BCUT2D eigenvalue weighted by Gasteiger charge is 2.31. The fourth-order valence-electron chi connectivity index (χ4n) is 1.27. The minimum Gasteiger partial charge on any atom is -0.226 e. The zero-order valence-electron chi connectivity index (χ0n) is 10.2. The highest BCUT2D eigenvalue weighted by molar-refractivity contribution is 8.08. The van der Waals surface area contributed by atoms with Crippen molar-refractivity contribution in [1.29, 1.82) is 0 Å². The molecule has 0 heterocycles. The first-order valence-corrected chi connectivity index (χ1v) is 8.87. The summed E-state index contributed by atoms with van der Waals surface area (Å²) in [5, 5.41) is 7.15. The molecule has 0 radical (unpaired) electrons. The Morgan fingerprint density at radius 2 is 1.50 bits per heavy atom. The molecular formula is C10H14N2O4S2. The van der Waals surface area contributed by atoms with E-state index in [0.29, 0.717) is 5.69 Å². The van der Waals surface area contributed by atoms with E-state index in [9.17, 15) is 16.8 Å². The van der Waals surface area contributed by atoms with Crippen molar-refractivity contribution in [3.05, 3.63) is 29.8 Å². The third-order valence-corrected chi connectivity index (χ3v) is 5.86. The summed E-state index contributed by atoms with van der Waals surface area (Å²) in [6.45, 7) is 1.77. The lowest BCUT2D eigenvalue weighted by atomic mass is 10.2. The van der Waals surface area contributed by atoms with Gasteiger partial charge in [-0.25, -0.2) is 16.8 Å². The van der Waals surface area contributed by atoms with Gasteiger partial charge in [0.2, 0.25) is 0 Å². The average Bonchev–Trinajstić information content (AvgIpc) is 2.17. The smallest absolute Gasteiger partial charge is 0.226 e. The molecule has 0 spiro atoms. The fraction of sp³-hybridized carbons (Fsp3) is 0.400. The number of rotatable bonds is 4. The van der Waals surface area contributed by atoms with Crippen LogP contribution in [0.2, 0.25) is 0 Å². The molecule has 0 amide bonds. The van der Waals surface area contributed by atoms with Gasteiger partial charge in [0.25, 0.3) is 4.71 Å². The third kappa shape index (κ3) is 3.88. The number of sulfone groups is 2. The number of hydrogen-bond donors (Lipinski definition) is 0. The first-order chi connectivity index (χ1) is 8.12. The Labute approximate surface area is 107 Å². The lowest BCUT2D eigenvalue weighted by Gasteiger charge is -2.06. The van der Waals surface area contributed by atoms with Crippen LogP contribution in [0.25, 0.3) is 0 Å². The maximum absolute atomic E-state index is 11.4. The van der Waals surface area contributed by atoms with Crippen molar-refractivity contribution in [2.75, 3.05) is 12.5 Å². The second-order valence-corrected chi connectivity index (χ2v) is 8.48. The molecule has 0 bridgehead atoms. The van der Waals surface area contributed by atoms with E-state index in [2.05, 4.69) is 10.2 Å². The fourth-order valence-corrected chi connectivity index (χ4v) is 4.25. The van der Waals surface area contributed by atoms with Gasteiger partial charge >= 0.3 is 0 Å². The van der Waals surface area contributed by atoms with Crippen LogP contribution in [0.4, 0.5) is 5.69 Å². The second-order valence-electron chi connectivity index (χ2n) is 3.97. The van der Waals surface area contributed by atoms with Gasteiger partial charge in [-0.3, -0.25) is 0 Å². The molecule has 1 aromatic rings. The van der Waals surface area contributed by atoms with Crippen molar-refractivity contribution in [1.82, 2.24) is 0 Å². The van der Waals surface area contributed by atoms with Crippen LogP contribution >= 0.6 is 0 Å². The van der Waals surface area contributed by atoms with Gasteiger partial charge in [-0.2, -0.15) is 10.2 Å². The summed E-state index contributed by atoms with van der Waals surface area (Å²) in [4.78, 5) is 0. The van der Waals surface area contributed by atoms with E-state index in [1.165, 1.54) is 0 Å². The van der Waals surface area contributed by atoms with Crippen LogP contribution in [-0.4, -0.2) is 34.1 Å². The van der Waals surface area contributed by atoms with E-state index in [1.54, 1.807) is 31.2 Å². The quantitative estimate of drug-likeness (QED) is 0.784. The summed E-state index contributed by atoms with van der Waals surface area (Å²) in [5.41, 5.74) is 1.22. The number of benzene rings is 1. The summed E-state index contributed by atoms with van der Waals surface area (Å²) in [6, 6.07) is 6.89. The van der Waals surface area contributed by atoms with Gasteiger partial charge in [0.1, 0.15) is 0 Å². The molecule has 8 heteroatoms. The SMILES string of the molecule is Cc1ccccc1N=NC(S(C)(=O)=O)S(C)(=O)=O. The summed E-state index contributed by atoms with van der Waals surface area (Å²) in [5.74, 6) is 0. The zero-order valence-corrected chi connectivity index (χ0v) is 11.9. The molecule has 0 saturated heterocycles. The van der Waals surface area contributed by atoms with Crippen LogP contribution in [0.3, 0.4) is 0 Å². The van der Waals surface area contributed by atoms with Crippen LogP contribution in [0.5, 0.6) is 0 Å². The molecule has 0 aromatic heterocycles. The third-order valence-electron chi connectivity index (χ3n) is 2.11. The first-order valence-electron chi connectivity index (χ1n) is 4.96. The highest BCUT2D eigenvalue weighted by Crippen LogP contribution is 2.20. The Balaban J connectivity index is 3.19. The molecule has 0 aliphatic rings. The second kappa shape index (κ2) is 5.15. The summed E-state index contributed by atoms with van der Waals surface area (Å²) < 4.78 is 43.5. The zero-order chi connectivity index (χ0) is 14.0. The van der Waals surface area contributed by atoms with Gasteiger partial charge in [0.15, 0.2) is 19.7 Å². The Kier molecular flexibility index (Phi) is 4.23. The highest BCUT2D eigenvalue weighted by atomic mass is 32.3. The largest absolute Gasteiger partial charge is 0.271 e. The van der Waals surface area contributed by atoms with Gasteiger partial charge in [-0.1, -0.05) is 18.2 Å². The summed E-state index contributed by atoms with van der Waals surface area (Å²) in [6.07, 6.45) is 1.63. The van der Waals surface area contributed by atoms with Gasteiger partial charge in [0, 0.05) is 12.5 Å². The maximum atomic E-state index is 11.4. The monoisotopic (exact) mass is 290 g/mol. The molecular weight excluding hydrogens is 276 g/mol. The predicted molar refractivity (Wildman–Crippen MR) is 69.2 cm³/mol. The normalized spacial score (nSPS) is 13.3. The van der Waals surface area contributed by atoms with Crippen LogP contribution in [0.15, 0.2) is 34.5 Å². The van der Waals surface area contributed by atoms with E-state index in [-0.39, 0.29) is 0 Å². The van der Waals surface area contributed by atoms with Crippen molar-refractivity contribution < 1.29 is 16.8 Å². The van der Waals surface area contributed by atoms with Crippen molar-refractivity contribution in [2.45, 2.75) is 11.6 Å². The Morgan fingerprint density at radius 3 is 1.94 bits per heavy atom. The lowest BCUT2D eigenvalue weighted by molar-refractivity contribution is 0.580. The summed E-state index contributed by atoms with van der Waals surface area (Å²) in [7, 11) is -7.71. The number of hydrogen-bond acceptors (Lipinski definition) is 6. The van der Waals surface area contributed by atoms with Crippen LogP contribution in [-0.2, 0) is 19.7 Å².